The van der Waals surface area contributed by atoms with Crippen molar-refractivity contribution in [3.05, 3.63) is 23.3 Å². The van der Waals surface area contributed by atoms with Crippen LogP contribution in [0.1, 0.15) is 18.1 Å². The molecule has 0 unspecified atom stereocenters. The van der Waals surface area contributed by atoms with Crippen molar-refractivity contribution in [2.45, 2.75) is 25.2 Å². The van der Waals surface area contributed by atoms with Gasteiger partial charge in [-0.05, 0) is 30.1 Å². The Kier molecular flexibility index (Phi) is 3.88. The van der Waals surface area contributed by atoms with Gasteiger partial charge in [0.25, 0.3) is 0 Å². The summed E-state index contributed by atoms with van der Waals surface area (Å²) in [4.78, 5) is 0. The molecule has 0 spiro atoms. The van der Waals surface area contributed by atoms with Crippen LogP contribution in [-0.4, -0.2) is 24.3 Å². The summed E-state index contributed by atoms with van der Waals surface area (Å²) in [6, 6.07) is 3.68. The minimum Gasteiger partial charge on any atom is -0.490 e. The fraction of sp³-hybridized carbons (Fsp3) is 0.417. The van der Waals surface area contributed by atoms with Crippen molar-refractivity contribution in [3.63, 3.8) is 0 Å². The molecule has 1 aliphatic heterocycles. The average molecular weight is 300 g/mol. The third-order valence-corrected chi connectivity index (χ3v) is 2.99. The van der Waals surface area contributed by atoms with Crippen LogP contribution in [0.5, 0.6) is 5.75 Å². The van der Waals surface area contributed by atoms with Crippen LogP contribution in [0.2, 0.25) is 0 Å². The SMILES string of the molecule is C[C@@](N)(C#N)COc1cc2c(cc1C(F)(F)F)COB2O. The minimum absolute atomic E-state index is 0.105. The van der Waals surface area contributed by atoms with Gasteiger partial charge in [0.1, 0.15) is 17.9 Å². The number of nitriles is 1. The van der Waals surface area contributed by atoms with Gasteiger partial charge in [-0.1, -0.05) is 0 Å². The molecule has 0 aliphatic carbocycles. The molecule has 0 saturated carbocycles. The van der Waals surface area contributed by atoms with Gasteiger partial charge in [0.2, 0.25) is 0 Å². The van der Waals surface area contributed by atoms with E-state index in [1.165, 1.54) is 6.92 Å². The molecule has 0 radical (unpaired) electrons. The number of fused-ring (bicyclic) bond motifs is 1. The third kappa shape index (κ3) is 3.29. The Bertz CT molecular complexity index is 599. The van der Waals surface area contributed by atoms with Gasteiger partial charge in [0, 0.05) is 0 Å². The molecule has 2 rings (SSSR count). The van der Waals surface area contributed by atoms with E-state index in [0.29, 0.717) is 0 Å². The number of alkyl halides is 3. The van der Waals surface area contributed by atoms with Gasteiger partial charge in [-0.25, -0.2) is 0 Å². The zero-order chi connectivity index (χ0) is 15.8. The second-order valence-corrected chi connectivity index (χ2v) is 5.03. The standard InChI is InChI=1S/C12H12BF3N2O3/c1-11(18,5-17)6-20-10-3-9-7(4-21-13(9)19)2-8(10)12(14,15)16/h2-3,19H,4,6,18H2,1H3/t11-/m1/s1. The van der Waals surface area contributed by atoms with E-state index in [1.807, 2.05) is 0 Å². The molecule has 1 atom stereocenters. The quantitative estimate of drug-likeness (QED) is 0.796. The number of benzene rings is 1. The maximum atomic E-state index is 13.0. The predicted octanol–water partition coefficient (Wildman–Crippen LogP) is 0.543. The maximum absolute atomic E-state index is 13.0. The van der Waals surface area contributed by atoms with E-state index in [1.54, 1.807) is 6.07 Å². The molecule has 112 valence electrons. The largest absolute Gasteiger partial charge is 0.491 e. The molecular formula is C12H12BF3N2O3. The van der Waals surface area contributed by atoms with Gasteiger partial charge in [0.05, 0.1) is 18.2 Å². The van der Waals surface area contributed by atoms with E-state index < -0.39 is 36.8 Å². The van der Waals surface area contributed by atoms with E-state index >= 15 is 0 Å². The van der Waals surface area contributed by atoms with Crippen LogP contribution in [0.25, 0.3) is 0 Å². The normalized spacial score (nSPS) is 17.1. The van der Waals surface area contributed by atoms with Crippen molar-refractivity contribution in [1.29, 1.82) is 5.26 Å². The number of rotatable bonds is 3. The molecule has 1 aromatic carbocycles. The van der Waals surface area contributed by atoms with Gasteiger partial charge < -0.3 is 20.1 Å². The minimum atomic E-state index is -4.63. The number of halogens is 3. The molecule has 0 fully saturated rings. The molecule has 9 heteroatoms. The summed E-state index contributed by atoms with van der Waals surface area (Å²) < 4.78 is 49.0. The lowest BCUT2D eigenvalue weighted by atomic mass is 9.79. The number of nitrogens with zero attached hydrogens (tertiary/aromatic N) is 1. The summed E-state index contributed by atoms with van der Waals surface area (Å²) in [5.41, 5.74) is 3.57. The molecule has 0 aromatic heterocycles. The second kappa shape index (κ2) is 5.22. The molecule has 0 amide bonds. The lowest BCUT2D eigenvalue weighted by Gasteiger charge is -2.20. The molecule has 21 heavy (non-hydrogen) atoms. The zero-order valence-electron chi connectivity index (χ0n) is 11.1. The van der Waals surface area contributed by atoms with E-state index in [2.05, 4.69) is 0 Å². The van der Waals surface area contributed by atoms with Crippen LogP contribution in [0, 0.1) is 11.3 Å². The summed E-state index contributed by atoms with van der Waals surface area (Å²) in [7, 11) is -1.29. The Morgan fingerprint density at radius 1 is 1.52 bits per heavy atom. The first-order valence-corrected chi connectivity index (χ1v) is 6.01. The topological polar surface area (TPSA) is 88.5 Å². The number of hydrogen-bond acceptors (Lipinski definition) is 5. The second-order valence-electron chi connectivity index (χ2n) is 5.03. The summed E-state index contributed by atoms with van der Waals surface area (Å²) in [5, 5.41) is 18.3. The Labute approximate surface area is 119 Å². The molecule has 0 bridgehead atoms. The lowest BCUT2D eigenvalue weighted by molar-refractivity contribution is -0.139. The maximum Gasteiger partial charge on any atom is 0.491 e. The molecule has 3 N–H and O–H groups in total. The highest BCUT2D eigenvalue weighted by atomic mass is 19.4. The van der Waals surface area contributed by atoms with E-state index in [4.69, 9.17) is 20.4 Å². The summed E-state index contributed by atoms with van der Waals surface area (Å²) >= 11 is 0. The molecule has 1 aromatic rings. The van der Waals surface area contributed by atoms with Gasteiger partial charge >= 0.3 is 13.3 Å². The highest BCUT2D eigenvalue weighted by Crippen LogP contribution is 2.37. The number of ether oxygens (including phenoxy) is 1. The van der Waals surface area contributed by atoms with Crippen molar-refractivity contribution in [2.75, 3.05) is 6.61 Å². The molecular weight excluding hydrogens is 288 g/mol. The lowest BCUT2D eigenvalue weighted by Crippen LogP contribution is -2.41. The van der Waals surface area contributed by atoms with Crippen molar-refractivity contribution in [2.24, 2.45) is 5.73 Å². The zero-order valence-corrected chi connectivity index (χ0v) is 11.1. The third-order valence-electron chi connectivity index (χ3n) is 2.99. The first kappa shape index (κ1) is 15.6. The summed E-state index contributed by atoms with van der Waals surface area (Å²) in [5.74, 6) is -0.488. The predicted molar refractivity (Wildman–Crippen MR) is 67.5 cm³/mol. The highest BCUT2D eigenvalue weighted by molar-refractivity contribution is 6.61. The van der Waals surface area contributed by atoms with Gasteiger partial charge in [-0.3, -0.25) is 0 Å². The van der Waals surface area contributed by atoms with E-state index in [-0.39, 0.29) is 17.6 Å². The van der Waals surface area contributed by atoms with Crippen LogP contribution in [0.15, 0.2) is 12.1 Å². The Balaban J connectivity index is 2.39. The molecule has 0 saturated heterocycles. The van der Waals surface area contributed by atoms with E-state index in [9.17, 15) is 18.2 Å². The average Bonchev–Trinajstić information content (AvgIpc) is 2.76. The Morgan fingerprint density at radius 3 is 2.76 bits per heavy atom. The Morgan fingerprint density at radius 2 is 2.19 bits per heavy atom. The van der Waals surface area contributed by atoms with Crippen molar-refractivity contribution in [3.8, 4) is 11.8 Å². The van der Waals surface area contributed by atoms with Crippen molar-refractivity contribution in [1.82, 2.24) is 0 Å². The van der Waals surface area contributed by atoms with Crippen LogP contribution >= 0.6 is 0 Å². The number of hydrogen-bond donors (Lipinski definition) is 2. The monoisotopic (exact) mass is 300 g/mol. The fourth-order valence-corrected chi connectivity index (χ4v) is 1.85. The fourth-order valence-electron chi connectivity index (χ4n) is 1.85. The van der Waals surface area contributed by atoms with Crippen LogP contribution < -0.4 is 15.9 Å². The molecule has 1 heterocycles. The summed E-state index contributed by atoms with van der Waals surface area (Å²) in [6.07, 6.45) is -4.63. The molecule has 5 nitrogen and oxygen atoms in total. The smallest absolute Gasteiger partial charge is 0.490 e. The van der Waals surface area contributed by atoms with Gasteiger partial charge in [-0.15, -0.1) is 0 Å². The summed E-state index contributed by atoms with van der Waals surface area (Å²) in [6.45, 7) is 0.820. The highest BCUT2D eigenvalue weighted by Gasteiger charge is 2.38. The molecule has 1 aliphatic rings. The van der Waals surface area contributed by atoms with Crippen LogP contribution in [0.3, 0.4) is 0 Å². The van der Waals surface area contributed by atoms with Crippen LogP contribution in [0.4, 0.5) is 13.2 Å². The van der Waals surface area contributed by atoms with Gasteiger partial charge in [-0.2, -0.15) is 18.4 Å². The van der Waals surface area contributed by atoms with Crippen molar-refractivity contribution < 1.29 is 27.6 Å². The van der Waals surface area contributed by atoms with Gasteiger partial charge in [0.15, 0.2) is 0 Å². The van der Waals surface area contributed by atoms with Crippen LogP contribution in [-0.2, 0) is 17.4 Å². The first-order chi connectivity index (χ1) is 9.64. The number of nitrogens with two attached hydrogens (primary N) is 1. The first-order valence-electron chi connectivity index (χ1n) is 6.01. The van der Waals surface area contributed by atoms with E-state index in [0.717, 1.165) is 12.1 Å². The van der Waals surface area contributed by atoms with Crippen molar-refractivity contribution >= 4 is 12.6 Å². The Hall–Kier alpha value is -1.76.